The Labute approximate surface area is 148 Å². The minimum Gasteiger partial charge on any atom is -0.493 e. The molecular formula is C19H23N3O3. The van der Waals surface area contributed by atoms with E-state index in [1.165, 1.54) is 0 Å². The summed E-state index contributed by atoms with van der Waals surface area (Å²) in [4.78, 5) is 6.34. The maximum Gasteiger partial charge on any atom is 0.203 e. The molecule has 0 fully saturated rings. The Morgan fingerprint density at radius 2 is 1.84 bits per heavy atom. The number of rotatable bonds is 9. The van der Waals surface area contributed by atoms with Crippen LogP contribution >= 0.6 is 0 Å². The van der Waals surface area contributed by atoms with E-state index in [4.69, 9.17) is 19.5 Å². The lowest BCUT2D eigenvalue weighted by Crippen LogP contribution is -2.24. The van der Waals surface area contributed by atoms with Crippen molar-refractivity contribution in [3.05, 3.63) is 47.8 Å². The van der Waals surface area contributed by atoms with E-state index in [-0.39, 0.29) is 0 Å². The third-order valence-corrected chi connectivity index (χ3v) is 3.85. The molecule has 0 saturated heterocycles. The summed E-state index contributed by atoms with van der Waals surface area (Å²) in [5.74, 6) is 1.85. The van der Waals surface area contributed by atoms with E-state index < -0.39 is 0 Å². The summed E-state index contributed by atoms with van der Waals surface area (Å²) < 4.78 is 16.3. The van der Waals surface area contributed by atoms with Gasteiger partial charge in [0.25, 0.3) is 0 Å². The summed E-state index contributed by atoms with van der Waals surface area (Å²) in [5, 5.41) is 8.95. The van der Waals surface area contributed by atoms with Crippen LogP contribution in [0.3, 0.4) is 0 Å². The first kappa shape index (κ1) is 18.6. The van der Waals surface area contributed by atoms with Crippen LogP contribution in [0.4, 0.5) is 0 Å². The second-order valence-electron chi connectivity index (χ2n) is 5.47. The van der Waals surface area contributed by atoms with Crippen molar-refractivity contribution in [1.29, 1.82) is 5.26 Å². The minimum absolute atomic E-state index is 0.454. The molecule has 6 heteroatoms. The number of hydrogen-bond acceptors (Lipinski definition) is 6. The van der Waals surface area contributed by atoms with Crippen molar-refractivity contribution in [1.82, 2.24) is 9.88 Å². The van der Waals surface area contributed by atoms with Gasteiger partial charge in [0, 0.05) is 44.0 Å². The first-order chi connectivity index (χ1) is 12.2. The van der Waals surface area contributed by atoms with E-state index in [0.717, 1.165) is 11.1 Å². The second kappa shape index (κ2) is 9.50. The molecule has 1 aromatic heterocycles. The summed E-state index contributed by atoms with van der Waals surface area (Å²) in [6, 6.07) is 9.97. The molecule has 132 valence electrons. The number of hydrogen-bond donors (Lipinski definition) is 0. The van der Waals surface area contributed by atoms with Crippen molar-refractivity contribution in [2.24, 2.45) is 0 Å². The lowest BCUT2D eigenvalue weighted by atomic mass is 10.1. The standard InChI is InChI=1S/C19H23N3O3/c1-23-17-8-7-16(18(24-2)19(17)25-3)14-22(11-5-9-20)13-15-6-4-10-21-12-15/h4,6-8,10,12H,5,11,13-14H2,1-3H3. The molecule has 2 rings (SSSR count). The van der Waals surface area contributed by atoms with E-state index in [9.17, 15) is 0 Å². The van der Waals surface area contributed by atoms with Gasteiger partial charge in [0.1, 0.15) is 0 Å². The van der Waals surface area contributed by atoms with Crippen LogP contribution in [0.5, 0.6) is 17.2 Å². The molecule has 0 aliphatic rings. The highest BCUT2D eigenvalue weighted by Gasteiger charge is 2.18. The molecule has 0 aliphatic heterocycles. The molecule has 0 spiro atoms. The first-order valence-electron chi connectivity index (χ1n) is 7.99. The number of aromatic nitrogens is 1. The van der Waals surface area contributed by atoms with Crippen molar-refractivity contribution in [2.45, 2.75) is 19.5 Å². The Balaban J connectivity index is 2.27. The predicted octanol–water partition coefficient (Wildman–Crippen LogP) is 3.02. The highest BCUT2D eigenvalue weighted by molar-refractivity contribution is 5.55. The first-order valence-corrected chi connectivity index (χ1v) is 7.99. The van der Waals surface area contributed by atoms with Crippen LogP contribution in [0.25, 0.3) is 0 Å². The van der Waals surface area contributed by atoms with E-state index >= 15 is 0 Å². The van der Waals surface area contributed by atoms with E-state index in [1.54, 1.807) is 27.5 Å². The summed E-state index contributed by atoms with van der Waals surface area (Å²) in [6.45, 7) is 1.98. The molecule has 2 aromatic rings. The fourth-order valence-electron chi connectivity index (χ4n) is 2.70. The number of ether oxygens (including phenoxy) is 3. The molecule has 1 heterocycles. The van der Waals surface area contributed by atoms with Gasteiger partial charge < -0.3 is 14.2 Å². The van der Waals surface area contributed by atoms with Crippen molar-refractivity contribution < 1.29 is 14.2 Å². The van der Waals surface area contributed by atoms with Crippen molar-refractivity contribution in [3.63, 3.8) is 0 Å². The van der Waals surface area contributed by atoms with Crippen molar-refractivity contribution >= 4 is 0 Å². The monoisotopic (exact) mass is 341 g/mol. The molecule has 0 radical (unpaired) electrons. The summed E-state index contributed by atoms with van der Waals surface area (Å²) in [6.07, 6.45) is 4.04. The van der Waals surface area contributed by atoms with Gasteiger partial charge in [0.2, 0.25) is 5.75 Å². The Bertz CT molecular complexity index is 714. The average molecular weight is 341 g/mol. The Morgan fingerprint density at radius 3 is 2.44 bits per heavy atom. The van der Waals surface area contributed by atoms with Gasteiger partial charge in [0.05, 0.1) is 27.4 Å². The molecule has 25 heavy (non-hydrogen) atoms. The zero-order chi connectivity index (χ0) is 18.1. The molecule has 0 atom stereocenters. The number of nitrogens with zero attached hydrogens (tertiary/aromatic N) is 3. The second-order valence-corrected chi connectivity index (χ2v) is 5.47. The number of benzene rings is 1. The molecule has 0 saturated carbocycles. The lowest BCUT2D eigenvalue weighted by Gasteiger charge is -2.23. The Kier molecular flexibility index (Phi) is 7.05. The van der Waals surface area contributed by atoms with Crippen molar-refractivity contribution in [2.75, 3.05) is 27.9 Å². The molecule has 0 N–H and O–H groups in total. The van der Waals surface area contributed by atoms with E-state index in [2.05, 4.69) is 16.0 Å². The van der Waals surface area contributed by atoms with Crippen LogP contribution < -0.4 is 14.2 Å². The molecule has 0 unspecified atom stereocenters. The van der Waals surface area contributed by atoms with Gasteiger partial charge in [0.15, 0.2) is 11.5 Å². The molecule has 1 aromatic carbocycles. The predicted molar refractivity (Wildman–Crippen MR) is 94.7 cm³/mol. The van der Waals surface area contributed by atoms with Crippen LogP contribution in [0.15, 0.2) is 36.7 Å². The van der Waals surface area contributed by atoms with Crippen molar-refractivity contribution in [3.8, 4) is 23.3 Å². The summed E-state index contributed by atoms with van der Waals surface area (Å²) in [5.41, 5.74) is 2.07. The van der Waals surface area contributed by atoms with Crippen LogP contribution in [0.1, 0.15) is 17.5 Å². The smallest absolute Gasteiger partial charge is 0.203 e. The normalized spacial score (nSPS) is 10.4. The number of methoxy groups -OCH3 is 3. The van der Waals surface area contributed by atoms with Crippen LogP contribution in [0, 0.1) is 11.3 Å². The highest BCUT2D eigenvalue weighted by Crippen LogP contribution is 2.40. The van der Waals surface area contributed by atoms with Gasteiger partial charge in [-0.05, 0) is 17.7 Å². The van der Waals surface area contributed by atoms with E-state index in [1.807, 2.05) is 30.5 Å². The molecule has 0 aliphatic carbocycles. The topological polar surface area (TPSA) is 67.6 Å². The van der Waals surface area contributed by atoms with Gasteiger partial charge in [-0.3, -0.25) is 9.88 Å². The molecular weight excluding hydrogens is 318 g/mol. The van der Waals surface area contributed by atoms with Crippen LogP contribution in [-0.2, 0) is 13.1 Å². The highest BCUT2D eigenvalue weighted by atomic mass is 16.5. The summed E-state index contributed by atoms with van der Waals surface area (Å²) >= 11 is 0. The van der Waals surface area contributed by atoms with Crippen LogP contribution in [0.2, 0.25) is 0 Å². The third kappa shape index (κ3) is 4.85. The maximum absolute atomic E-state index is 8.95. The van der Waals surface area contributed by atoms with Gasteiger partial charge in [-0.2, -0.15) is 5.26 Å². The SMILES string of the molecule is COc1ccc(CN(CCC#N)Cc2cccnc2)c(OC)c1OC. The zero-order valence-corrected chi connectivity index (χ0v) is 14.9. The van der Waals surface area contributed by atoms with Gasteiger partial charge in [-0.15, -0.1) is 0 Å². The third-order valence-electron chi connectivity index (χ3n) is 3.85. The quantitative estimate of drug-likeness (QED) is 0.698. The fourth-order valence-corrected chi connectivity index (χ4v) is 2.70. The largest absolute Gasteiger partial charge is 0.493 e. The van der Waals surface area contributed by atoms with Gasteiger partial charge >= 0.3 is 0 Å². The maximum atomic E-state index is 8.95. The van der Waals surface area contributed by atoms with E-state index in [0.29, 0.717) is 43.3 Å². The van der Waals surface area contributed by atoms with Gasteiger partial charge in [-0.1, -0.05) is 12.1 Å². The number of nitriles is 1. The Hall–Kier alpha value is -2.78. The van der Waals surface area contributed by atoms with Crippen LogP contribution in [-0.4, -0.2) is 37.8 Å². The zero-order valence-electron chi connectivity index (χ0n) is 14.9. The summed E-state index contributed by atoms with van der Waals surface area (Å²) in [7, 11) is 4.80. The van der Waals surface area contributed by atoms with Gasteiger partial charge in [-0.25, -0.2) is 0 Å². The average Bonchev–Trinajstić information content (AvgIpc) is 2.66. The number of pyridine rings is 1. The fraction of sp³-hybridized carbons (Fsp3) is 0.368. The molecule has 0 amide bonds. The molecule has 6 nitrogen and oxygen atoms in total. The molecule has 0 bridgehead atoms. The Morgan fingerprint density at radius 1 is 1.04 bits per heavy atom. The minimum atomic E-state index is 0.454. The lowest BCUT2D eigenvalue weighted by molar-refractivity contribution is 0.254.